The molecular formula is C20H24N6. The third kappa shape index (κ3) is 2.04. The van der Waals surface area contributed by atoms with E-state index >= 15 is 0 Å². The molecule has 4 aliphatic rings. The maximum absolute atomic E-state index is 4.70. The van der Waals surface area contributed by atoms with E-state index in [2.05, 4.69) is 46.0 Å². The van der Waals surface area contributed by atoms with Crippen LogP contribution in [0.25, 0.3) is 16.4 Å². The van der Waals surface area contributed by atoms with E-state index in [0.29, 0.717) is 17.1 Å². The third-order valence-electron chi connectivity index (χ3n) is 7.43. The van der Waals surface area contributed by atoms with Gasteiger partial charge < -0.3 is 5.32 Å². The van der Waals surface area contributed by atoms with Crippen molar-refractivity contribution in [3.63, 3.8) is 0 Å². The highest BCUT2D eigenvalue weighted by atomic mass is 15.6. The molecule has 1 N–H and O–H groups in total. The first kappa shape index (κ1) is 14.9. The first-order valence-electron chi connectivity index (χ1n) is 9.94. The van der Waals surface area contributed by atoms with E-state index in [0.717, 1.165) is 34.3 Å². The quantitative estimate of drug-likeness (QED) is 0.782. The van der Waals surface area contributed by atoms with Crippen LogP contribution in [-0.2, 0) is 0 Å². The lowest BCUT2D eigenvalue weighted by Gasteiger charge is -2.59. The van der Waals surface area contributed by atoms with Gasteiger partial charge in [0.2, 0.25) is 5.65 Å². The Kier molecular flexibility index (Phi) is 2.95. The van der Waals surface area contributed by atoms with E-state index in [1.807, 2.05) is 6.07 Å². The van der Waals surface area contributed by atoms with Gasteiger partial charge in [-0.1, -0.05) is 24.3 Å². The van der Waals surface area contributed by atoms with Crippen molar-refractivity contribution in [2.24, 2.45) is 23.2 Å². The zero-order valence-corrected chi connectivity index (χ0v) is 15.1. The summed E-state index contributed by atoms with van der Waals surface area (Å²) in [7, 11) is 0. The second-order valence-electron chi connectivity index (χ2n) is 9.03. The van der Waals surface area contributed by atoms with Gasteiger partial charge in [0.15, 0.2) is 5.82 Å². The van der Waals surface area contributed by atoms with Crippen LogP contribution in [0.5, 0.6) is 0 Å². The molecule has 4 fully saturated rings. The van der Waals surface area contributed by atoms with Crippen LogP contribution in [0.3, 0.4) is 0 Å². The molecule has 0 aliphatic heterocycles. The summed E-state index contributed by atoms with van der Waals surface area (Å²) >= 11 is 0. The molecule has 1 unspecified atom stereocenters. The Labute approximate surface area is 152 Å². The lowest BCUT2D eigenvalue weighted by molar-refractivity contribution is -0.0603. The van der Waals surface area contributed by atoms with E-state index in [-0.39, 0.29) is 0 Å². The smallest absolute Gasteiger partial charge is 0.207 e. The standard InChI is InChI=1S/C20H24N6/c1-12(20-9-13-6-14(10-20)8-15(7-13)11-20)21-18-16-4-2-3-5-17(16)19-22-24-25-26(19)23-18/h2-5,12-15H,6-11H2,1H3,(H,21,23). The number of benzene rings is 1. The molecule has 4 saturated carbocycles. The average molecular weight is 348 g/mol. The van der Waals surface area contributed by atoms with Gasteiger partial charge in [0.25, 0.3) is 0 Å². The van der Waals surface area contributed by atoms with Crippen molar-refractivity contribution in [3.8, 4) is 0 Å². The summed E-state index contributed by atoms with van der Waals surface area (Å²) in [5.74, 6) is 3.77. The fourth-order valence-electron chi connectivity index (χ4n) is 6.62. The SMILES string of the molecule is CC(Nc1nn2nnnc2c2ccccc12)C12CC3CC(CC(C3)C1)C2. The molecule has 134 valence electrons. The van der Waals surface area contributed by atoms with Crippen molar-refractivity contribution in [2.45, 2.75) is 51.5 Å². The third-order valence-corrected chi connectivity index (χ3v) is 7.43. The second-order valence-corrected chi connectivity index (χ2v) is 9.03. The highest BCUT2D eigenvalue weighted by Gasteiger charge is 2.53. The molecule has 3 aromatic rings. The fraction of sp³-hybridized carbons (Fsp3) is 0.600. The zero-order chi connectivity index (χ0) is 17.3. The van der Waals surface area contributed by atoms with Gasteiger partial charge in [-0.25, -0.2) is 0 Å². The van der Waals surface area contributed by atoms with Gasteiger partial charge in [0, 0.05) is 16.8 Å². The number of anilines is 1. The summed E-state index contributed by atoms with van der Waals surface area (Å²) in [5.41, 5.74) is 1.15. The van der Waals surface area contributed by atoms with Gasteiger partial charge >= 0.3 is 0 Å². The summed E-state index contributed by atoms with van der Waals surface area (Å²) in [6, 6.07) is 8.70. The zero-order valence-electron chi connectivity index (χ0n) is 15.1. The van der Waals surface area contributed by atoms with Crippen molar-refractivity contribution in [2.75, 3.05) is 5.32 Å². The predicted molar refractivity (Wildman–Crippen MR) is 99.8 cm³/mol. The minimum absolute atomic E-state index is 0.417. The fourth-order valence-corrected chi connectivity index (χ4v) is 6.62. The molecule has 2 heterocycles. The molecule has 4 aliphatic carbocycles. The van der Waals surface area contributed by atoms with Crippen molar-refractivity contribution in [1.29, 1.82) is 0 Å². The van der Waals surface area contributed by atoms with Crippen LogP contribution in [0.15, 0.2) is 24.3 Å². The first-order valence-corrected chi connectivity index (χ1v) is 9.94. The van der Waals surface area contributed by atoms with E-state index in [9.17, 15) is 0 Å². The molecule has 6 nitrogen and oxygen atoms in total. The molecule has 1 aromatic carbocycles. The summed E-state index contributed by atoms with van der Waals surface area (Å²) in [4.78, 5) is 0. The van der Waals surface area contributed by atoms with Crippen molar-refractivity contribution < 1.29 is 0 Å². The number of nitrogens with zero attached hydrogens (tertiary/aromatic N) is 5. The predicted octanol–water partition coefficient (Wildman–Crippen LogP) is 3.69. The van der Waals surface area contributed by atoms with Gasteiger partial charge in [0.05, 0.1) is 0 Å². The monoisotopic (exact) mass is 348 g/mol. The Morgan fingerprint density at radius 3 is 2.38 bits per heavy atom. The number of rotatable bonds is 3. The molecule has 1 atom stereocenters. The second kappa shape index (κ2) is 5.15. The highest BCUT2D eigenvalue weighted by molar-refractivity contribution is 5.99. The lowest BCUT2D eigenvalue weighted by atomic mass is 9.48. The molecule has 0 spiro atoms. The molecule has 0 radical (unpaired) electrons. The normalized spacial score (nSPS) is 33.8. The molecule has 26 heavy (non-hydrogen) atoms. The van der Waals surface area contributed by atoms with Crippen LogP contribution in [0.4, 0.5) is 5.82 Å². The molecule has 6 heteroatoms. The van der Waals surface area contributed by atoms with E-state index < -0.39 is 0 Å². The maximum Gasteiger partial charge on any atom is 0.207 e. The summed E-state index contributed by atoms with van der Waals surface area (Å²) in [5, 5.41) is 22.6. The van der Waals surface area contributed by atoms with Gasteiger partial charge in [-0.05, 0) is 79.0 Å². The summed E-state index contributed by atoms with van der Waals surface area (Å²) in [6.45, 7) is 2.37. The Morgan fingerprint density at radius 2 is 1.69 bits per heavy atom. The van der Waals surface area contributed by atoms with Gasteiger partial charge in [-0.3, -0.25) is 0 Å². The Bertz CT molecular complexity index is 957. The van der Waals surface area contributed by atoms with Crippen LogP contribution in [0.2, 0.25) is 0 Å². The first-order chi connectivity index (χ1) is 12.7. The minimum atomic E-state index is 0.417. The maximum atomic E-state index is 4.70. The molecule has 4 bridgehead atoms. The van der Waals surface area contributed by atoms with Gasteiger partial charge in [0.1, 0.15) is 0 Å². The Morgan fingerprint density at radius 1 is 1.04 bits per heavy atom. The number of nitrogens with one attached hydrogen (secondary N) is 1. The number of fused-ring (bicyclic) bond motifs is 3. The topological polar surface area (TPSA) is 68.0 Å². The van der Waals surface area contributed by atoms with Crippen LogP contribution in [-0.4, -0.2) is 31.3 Å². The van der Waals surface area contributed by atoms with Crippen molar-refractivity contribution in [1.82, 2.24) is 25.3 Å². The minimum Gasteiger partial charge on any atom is -0.365 e. The molecule has 7 rings (SSSR count). The number of hydrogen-bond acceptors (Lipinski definition) is 5. The molecule has 2 aromatic heterocycles. The molecular weight excluding hydrogens is 324 g/mol. The number of hydrogen-bond donors (Lipinski definition) is 1. The van der Waals surface area contributed by atoms with Gasteiger partial charge in [-0.2, -0.15) is 0 Å². The van der Waals surface area contributed by atoms with Crippen LogP contribution in [0, 0.1) is 23.2 Å². The number of aromatic nitrogens is 5. The van der Waals surface area contributed by atoms with Crippen molar-refractivity contribution in [3.05, 3.63) is 24.3 Å². The molecule has 0 amide bonds. The van der Waals surface area contributed by atoms with Crippen molar-refractivity contribution >= 4 is 22.2 Å². The highest BCUT2D eigenvalue weighted by Crippen LogP contribution is 2.61. The van der Waals surface area contributed by atoms with Crippen LogP contribution < -0.4 is 5.32 Å². The van der Waals surface area contributed by atoms with Crippen LogP contribution >= 0.6 is 0 Å². The molecule has 0 saturated heterocycles. The Hall–Kier alpha value is -2.24. The Balaban J connectivity index is 1.40. The van der Waals surface area contributed by atoms with E-state index in [1.54, 1.807) is 4.63 Å². The lowest BCUT2D eigenvalue weighted by Crippen LogP contribution is -2.53. The van der Waals surface area contributed by atoms with E-state index in [1.165, 1.54) is 38.5 Å². The summed E-state index contributed by atoms with van der Waals surface area (Å²) in [6.07, 6.45) is 8.59. The average Bonchev–Trinajstić information content (AvgIpc) is 3.09. The van der Waals surface area contributed by atoms with Gasteiger partial charge in [-0.15, -0.1) is 14.8 Å². The van der Waals surface area contributed by atoms with E-state index in [4.69, 9.17) is 5.10 Å². The summed E-state index contributed by atoms with van der Waals surface area (Å²) < 4.78 is 1.55. The largest absolute Gasteiger partial charge is 0.365 e. The number of tetrazole rings is 1. The van der Waals surface area contributed by atoms with Crippen LogP contribution in [0.1, 0.15) is 45.4 Å².